The minimum absolute atomic E-state index is 0.0502. The van der Waals surface area contributed by atoms with Crippen LogP contribution in [0.25, 0.3) is 0 Å². The van der Waals surface area contributed by atoms with Crippen LogP contribution in [0.1, 0.15) is 11.1 Å². The molecule has 0 radical (unpaired) electrons. The van der Waals surface area contributed by atoms with E-state index in [0.717, 1.165) is 23.5 Å². The third-order valence-corrected chi connectivity index (χ3v) is 3.20. The number of benzene rings is 1. The summed E-state index contributed by atoms with van der Waals surface area (Å²) in [6.07, 6.45) is -4.40. The lowest BCUT2D eigenvalue weighted by Crippen LogP contribution is -2.30. The fourth-order valence-corrected chi connectivity index (χ4v) is 2.04. The maximum Gasteiger partial charge on any atom is 0.416 e. The van der Waals surface area contributed by atoms with Crippen LogP contribution in [-0.4, -0.2) is 28.2 Å². The van der Waals surface area contributed by atoms with E-state index in [4.69, 9.17) is 0 Å². The van der Waals surface area contributed by atoms with E-state index in [9.17, 15) is 18.0 Å². The Bertz CT molecular complexity index is 615. The van der Waals surface area contributed by atoms with E-state index in [0.29, 0.717) is 10.7 Å². The summed E-state index contributed by atoms with van der Waals surface area (Å²) in [7, 11) is 1.48. The second-order valence-electron chi connectivity index (χ2n) is 4.23. The van der Waals surface area contributed by atoms with Crippen LogP contribution >= 0.6 is 11.3 Å². The molecule has 0 saturated heterocycles. The highest BCUT2D eigenvalue weighted by molar-refractivity contribution is 7.13. The van der Waals surface area contributed by atoms with Crippen molar-refractivity contribution in [2.24, 2.45) is 0 Å². The third-order valence-electron chi connectivity index (χ3n) is 2.59. The van der Waals surface area contributed by atoms with Crippen molar-refractivity contribution in [3.05, 3.63) is 40.9 Å². The van der Waals surface area contributed by atoms with E-state index in [1.165, 1.54) is 29.6 Å². The van der Waals surface area contributed by atoms with Crippen LogP contribution in [0, 0.1) is 0 Å². The van der Waals surface area contributed by atoms with Crippen molar-refractivity contribution in [3.63, 3.8) is 0 Å². The Morgan fingerprint density at radius 2 is 2.19 bits per heavy atom. The lowest BCUT2D eigenvalue weighted by atomic mass is 10.1. The average molecular weight is 316 g/mol. The summed E-state index contributed by atoms with van der Waals surface area (Å²) < 4.78 is 37.8. The number of halogens is 3. The molecule has 112 valence electrons. The number of alkyl halides is 3. The molecule has 0 aliphatic carbocycles. The Balaban J connectivity index is 2.02. The fourth-order valence-electron chi connectivity index (χ4n) is 1.61. The zero-order chi connectivity index (χ0) is 15.5. The predicted octanol–water partition coefficient (Wildman–Crippen LogP) is 3.22. The van der Waals surface area contributed by atoms with Gasteiger partial charge in [-0.15, -0.1) is 10.2 Å². The Morgan fingerprint density at radius 3 is 2.81 bits per heavy atom. The summed E-state index contributed by atoms with van der Waals surface area (Å²) in [6, 6.07) is 4.39. The molecule has 1 aromatic carbocycles. The maximum atomic E-state index is 12.6. The van der Waals surface area contributed by atoms with Crippen molar-refractivity contribution in [2.75, 3.05) is 12.4 Å². The number of rotatable bonds is 3. The van der Waals surface area contributed by atoms with Gasteiger partial charge in [-0.1, -0.05) is 23.5 Å². The molecule has 5 nitrogen and oxygen atoms in total. The molecule has 9 heteroatoms. The van der Waals surface area contributed by atoms with Gasteiger partial charge in [0.05, 0.1) is 5.56 Å². The van der Waals surface area contributed by atoms with E-state index in [1.807, 2.05) is 0 Å². The molecule has 1 N–H and O–H groups in total. The van der Waals surface area contributed by atoms with Gasteiger partial charge < -0.3 is 4.90 Å². The molecule has 2 aromatic rings. The Hall–Kier alpha value is -2.16. The second-order valence-corrected chi connectivity index (χ2v) is 5.06. The summed E-state index contributed by atoms with van der Waals surface area (Å²) in [5.74, 6) is 0. The minimum atomic E-state index is -4.40. The van der Waals surface area contributed by atoms with Crippen molar-refractivity contribution in [2.45, 2.75) is 12.7 Å². The van der Waals surface area contributed by atoms with Gasteiger partial charge in [0, 0.05) is 13.6 Å². The summed E-state index contributed by atoms with van der Waals surface area (Å²) in [6.45, 7) is 0.0502. The van der Waals surface area contributed by atoms with Gasteiger partial charge >= 0.3 is 12.2 Å². The van der Waals surface area contributed by atoms with E-state index < -0.39 is 17.8 Å². The number of amides is 2. The molecular weight excluding hydrogens is 305 g/mol. The lowest BCUT2D eigenvalue weighted by Gasteiger charge is -2.17. The first kappa shape index (κ1) is 15.2. The number of urea groups is 1. The molecule has 0 aliphatic heterocycles. The Kier molecular flexibility index (Phi) is 4.41. The molecule has 2 amide bonds. The highest BCUT2D eigenvalue weighted by Crippen LogP contribution is 2.29. The van der Waals surface area contributed by atoms with Crippen LogP contribution in [0.3, 0.4) is 0 Å². The normalized spacial score (nSPS) is 11.2. The van der Waals surface area contributed by atoms with Gasteiger partial charge in [-0.05, 0) is 17.7 Å². The van der Waals surface area contributed by atoms with Crippen molar-refractivity contribution in [1.29, 1.82) is 0 Å². The van der Waals surface area contributed by atoms with Gasteiger partial charge in [-0.2, -0.15) is 13.2 Å². The molecule has 0 bridgehead atoms. The number of nitrogens with zero attached hydrogens (tertiary/aromatic N) is 3. The quantitative estimate of drug-likeness (QED) is 0.946. The van der Waals surface area contributed by atoms with Gasteiger partial charge in [-0.3, -0.25) is 5.32 Å². The van der Waals surface area contributed by atoms with Crippen molar-refractivity contribution >= 4 is 22.5 Å². The van der Waals surface area contributed by atoms with Crippen molar-refractivity contribution in [1.82, 2.24) is 15.1 Å². The number of carbonyl (C=O) groups excluding carboxylic acids is 1. The monoisotopic (exact) mass is 316 g/mol. The van der Waals surface area contributed by atoms with Crippen LogP contribution in [0.15, 0.2) is 29.8 Å². The van der Waals surface area contributed by atoms with Crippen molar-refractivity contribution in [3.8, 4) is 0 Å². The Morgan fingerprint density at radius 1 is 1.43 bits per heavy atom. The summed E-state index contributed by atoms with van der Waals surface area (Å²) in [5, 5.41) is 10.0. The highest BCUT2D eigenvalue weighted by atomic mass is 32.1. The zero-order valence-electron chi connectivity index (χ0n) is 10.9. The number of hydrogen-bond donors (Lipinski definition) is 1. The van der Waals surface area contributed by atoms with Crippen LogP contribution in [0.4, 0.5) is 23.1 Å². The molecule has 0 saturated carbocycles. The molecule has 1 aromatic heterocycles. The number of anilines is 1. The standard InChI is InChI=1S/C12H11F3N4OS/c1-19(11(20)17-10-18-16-7-21-10)6-8-3-2-4-9(5-8)12(13,14)15/h2-5,7H,6H2,1H3,(H,17,18,20). The first-order valence-electron chi connectivity index (χ1n) is 5.80. The van der Waals surface area contributed by atoms with Gasteiger partial charge in [0.1, 0.15) is 5.51 Å². The lowest BCUT2D eigenvalue weighted by molar-refractivity contribution is -0.137. The first-order valence-corrected chi connectivity index (χ1v) is 6.68. The van der Waals surface area contributed by atoms with Crippen LogP contribution in [0.5, 0.6) is 0 Å². The second kappa shape index (κ2) is 6.08. The average Bonchev–Trinajstić information content (AvgIpc) is 2.91. The molecule has 0 spiro atoms. The molecule has 0 atom stereocenters. The Labute approximate surface area is 122 Å². The number of aromatic nitrogens is 2. The smallest absolute Gasteiger partial charge is 0.323 e. The third kappa shape index (κ3) is 4.15. The van der Waals surface area contributed by atoms with Gasteiger partial charge in [-0.25, -0.2) is 4.79 Å². The van der Waals surface area contributed by atoms with Crippen LogP contribution < -0.4 is 5.32 Å². The minimum Gasteiger partial charge on any atom is -0.323 e. The van der Waals surface area contributed by atoms with Gasteiger partial charge in [0.25, 0.3) is 0 Å². The molecule has 0 unspecified atom stereocenters. The van der Waals surface area contributed by atoms with Crippen LogP contribution in [0.2, 0.25) is 0 Å². The summed E-state index contributed by atoms with van der Waals surface area (Å²) in [5.41, 5.74) is 1.11. The van der Waals surface area contributed by atoms with E-state index in [1.54, 1.807) is 0 Å². The molecule has 1 heterocycles. The molecule has 2 rings (SSSR count). The molecule has 0 aliphatic rings. The highest BCUT2D eigenvalue weighted by Gasteiger charge is 2.30. The van der Waals surface area contributed by atoms with Crippen molar-refractivity contribution < 1.29 is 18.0 Å². The van der Waals surface area contributed by atoms with Gasteiger partial charge in [0.15, 0.2) is 0 Å². The van der Waals surface area contributed by atoms with Gasteiger partial charge in [0.2, 0.25) is 5.13 Å². The molecular formula is C12H11F3N4OS. The maximum absolute atomic E-state index is 12.6. The fraction of sp³-hybridized carbons (Fsp3) is 0.250. The number of nitrogens with one attached hydrogen (secondary N) is 1. The molecule has 21 heavy (non-hydrogen) atoms. The number of hydrogen-bond acceptors (Lipinski definition) is 4. The predicted molar refractivity (Wildman–Crippen MR) is 71.8 cm³/mol. The summed E-state index contributed by atoms with van der Waals surface area (Å²) >= 11 is 1.15. The first-order chi connectivity index (χ1) is 9.86. The number of carbonyl (C=O) groups is 1. The molecule has 0 fully saturated rings. The zero-order valence-corrected chi connectivity index (χ0v) is 11.7. The topological polar surface area (TPSA) is 58.1 Å². The van der Waals surface area contributed by atoms with E-state index in [2.05, 4.69) is 15.5 Å². The van der Waals surface area contributed by atoms with E-state index >= 15 is 0 Å². The summed E-state index contributed by atoms with van der Waals surface area (Å²) in [4.78, 5) is 13.1. The van der Waals surface area contributed by atoms with E-state index in [-0.39, 0.29) is 6.54 Å². The van der Waals surface area contributed by atoms with Crippen LogP contribution in [-0.2, 0) is 12.7 Å². The largest absolute Gasteiger partial charge is 0.416 e. The SMILES string of the molecule is CN(Cc1cccc(C(F)(F)F)c1)C(=O)Nc1nncs1.